The van der Waals surface area contributed by atoms with Crippen molar-refractivity contribution in [2.75, 3.05) is 5.73 Å². The van der Waals surface area contributed by atoms with Gasteiger partial charge in [0, 0.05) is 6.20 Å². The molecular formula is C20H21N5O. The SMILES string of the molecule is N#C[C@H]1CCCC[C@H]1n1nc(N)c2c(OCc3ccccc3)nccc21. The Morgan fingerprint density at radius 3 is 2.81 bits per heavy atom. The van der Waals surface area contributed by atoms with Gasteiger partial charge in [0.2, 0.25) is 5.88 Å². The third kappa shape index (κ3) is 2.97. The third-order valence-corrected chi connectivity index (χ3v) is 5.04. The highest BCUT2D eigenvalue weighted by Gasteiger charge is 2.29. The van der Waals surface area contributed by atoms with E-state index in [1.807, 2.05) is 41.1 Å². The number of nitrogens with zero attached hydrogens (tertiary/aromatic N) is 4. The van der Waals surface area contributed by atoms with Crippen molar-refractivity contribution in [2.45, 2.75) is 38.3 Å². The van der Waals surface area contributed by atoms with Gasteiger partial charge in [-0.3, -0.25) is 4.68 Å². The van der Waals surface area contributed by atoms with Gasteiger partial charge in [0.25, 0.3) is 0 Å². The van der Waals surface area contributed by atoms with Gasteiger partial charge in [-0.2, -0.15) is 10.4 Å². The second kappa shape index (κ2) is 7.04. The van der Waals surface area contributed by atoms with Crippen molar-refractivity contribution in [1.82, 2.24) is 14.8 Å². The largest absolute Gasteiger partial charge is 0.472 e. The van der Waals surface area contributed by atoms with Crippen LogP contribution >= 0.6 is 0 Å². The smallest absolute Gasteiger partial charge is 0.227 e. The zero-order chi connectivity index (χ0) is 17.9. The standard InChI is InChI=1S/C20H21N5O/c21-12-15-8-4-5-9-16(15)25-17-10-11-23-20(18(17)19(22)24-25)26-13-14-6-2-1-3-7-14/h1-3,6-7,10-11,15-16H,4-5,8-9,13H2,(H2,22,24)/t15-,16-/m1/s1. The predicted molar refractivity (Wildman–Crippen MR) is 99.3 cm³/mol. The number of benzene rings is 1. The fourth-order valence-electron chi connectivity index (χ4n) is 3.73. The maximum atomic E-state index is 9.51. The monoisotopic (exact) mass is 347 g/mol. The fourth-order valence-corrected chi connectivity index (χ4v) is 3.73. The Morgan fingerprint density at radius 2 is 2.00 bits per heavy atom. The van der Waals surface area contributed by atoms with E-state index in [1.165, 1.54) is 0 Å². The zero-order valence-electron chi connectivity index (χ0n) is 14.5. The highest BCUT2D eigenvalue weighted by Crippen LogP contribution is 2.38. The molecule has 6 heteroatoms. The van der Waals surface area contributed by atoms with Gasteiger partial charge in [-0.1, -0.05) is 43.2 Å². The quantitative estimate of drug-likeness (QED) is 0.774. The van der Waals surface area contributed by atoms with E-state index in [0.29, 0.717) is 18.3 Å². The second-order valence-electron chi connectivity index (χ2n) is 6.70. The molecular weight excluding hydrogens is 326 g/mol. The molecule has 3 aromatic rings. The van der Waals surface area contributed by atoms with Crippen LogP contribution in [-0.2, 0) is 6.61 Å². The van der Waals surface area contributed by atoms with Crippen molar-refractivity contribution in [1.29, 1.82) is 5.26 Å². The van der Waals surface area contributed by atoms with Gasteiger partial charge in [0.1, 0.15) is 12.0 Å². The van der Waals surface area contributed by atoms with Crippen LogP contribution in [0.3, 0.4) is 0 Å². The number of fused-ring (bicyclic) bond motifs is 1. The number of hydrogen-bond donors (Lipinski definition) is 1. The van der Waals surface area contributed by atoms with Crippen LogP contribution in [0.4, 0.5) is 5.82 Å². The number of ether oxygens (including phenoxy) is 1. The molecule has 26 heavy (non-hydrogen) atoms. The fraction of sp³-hybridized carbons (Fsp3) is 0.350. The molecule has 2 atom stereocenters. The van der Waals surface area contributed by atoms with E-state index in [-0.39, 0.29) is 12.0 Å². The van der Waals surface area contributed by atoms with Gasteiger partial charge in [-0.15, -0.1) is 0 Å². The van der Waals surface area contributed by atoms with Crippen LogP contribution in [0, 0.1) is 17.2 Å². The molecule has 2 aromatic heterocycles. The number of rotatable bonds is 4. The minimum atomic E-state index is -0.0342. The highest BCUT2D eigenvalue weighted by atomic mass is 16.5. The van der Waals surface area contributed by atoms with E-state index in [1.54, 1.807) is 6.20 Å². The van der Waals surface area contributed by atoms with Crippen molar-refractivity contribution in [3.05, 3.63) is 48.2 Å². The lowest BCUT2D eigenvalue weighted by Crippen LogP contribution is -2.23. The van der Waals surface area contributed by atoms with E-state index >= 15 is 0 Å². The summed E-state index contributed by atoms with van der Waals surface area (Å²) in [7, 11) is 0. The van der Waals surface area contributed by atoms with Crippen LogP contribution in [0.1, 0.15) is 37.3 Å². The number of anilines is 1. The number of nitrogen functional groups attached to an aromatic ring is 1. The van der Waals surface area contributed by atoms with E-state index < -0.39 is 0 Å². The van der Waals surface area contributed by atoms with Crippen LogP contribution in [0.2, 0.25) is 0 Å². The van der Waals surface area contributed by atoms with E-state index in [4.69, 9.17) is 10.5 Å². The summed E-state index contributed by atoms with van der Waals surface area (Å²) in [6.07, 6.45) is 5.76. The summed E-state index contributed by atoms with van der Waals surface area (Å²) < 4.78 is 7.84. The minimum Gasteiger partial charge on any atom is -0.472 e. The normalized spacial score (nSPS) is 20.0. The lowest BCUT2D eigenvalue weighted by Gasteiger charge is -2.27. The molecule has 1 aliphatic carbocycles. The molecule has 1 aliphatic rings. The molecule has 1 saturated carbocycles. The van der Waals surface area contributed by atoms with Gasteiger partial charge in [-0.25, -0.2) is 4.98 Å². The average molecular weight is 347 g/mol. The molecule has 0 radical (unpaired) electrons. The summed E-state index contributed by atoms with van der Waals surface area (Å²) in [5.74, 6) is 0.853. The molecule has 0 saturated heterocycles. The molecule has 0 spiro atoms. The third-order valence-electron chi connectivity index (χ3n) is 5.04. The number of nitriles is 1. The second-order valence-corrected chi connectivity index (χ2v) is 6.70. The highest BCUT2D eigenvalue weighted by molar-refractivity contribution is 5.93. The zero-order valence-corrected chi connectivity index (χ0v) is 14.5. The summed E-state index contributed by atoms with van der Waals surface area (Å²) in [6, 6.07) is 14.3. The van der Waals surface area contributed by atoms with Gasteiger partial charge >= 0.3 is 0 Å². The molecule has 132 valence electrons. The lowest BCUT2D eigenvalue weighted by atomic mass is 9.85. The number of pyridine rings is 1. The van der Waals surface area contributed by atoms with Gasteiger partial charge in [0.05, 0.1) is 23.5 Å². The number of aromatic nitrogens is 3. The summed E-state index contributed by atoms with van der Waals surface area (Å²) in [4.78, 5) is 4.36. The number of nitrogens with two attached hydrogens (primary N) is 1. The van der Waals surface area contributed by atoms with Crippen LogP contribution in [0.15, 0.2) is 42.6 Å². The molecule has 0 amide bonds. The Bertz CT molecular complexity index is 944. The first-order chi connectivity index (χ1) is 12.8. The molecule has 1 fully saturated rings. The molecule has 0 bridgehead atoms. The average Bonchev–Trinajstić information content (AvgIpc) is 3.04. The van der Waals surface area contributed by atoms with E-state index in [9.17, 15) is 5.26 Å². The maximum Gasteiger partial charge on any atom is 0.227 e. The summed E-state index contributed by atoms with van der Waals surface area (Å²) in [5, 5.41) is 14.8. The Labute approximate surface area is 152 Å². The Hall–Kier alpha value is -3.07. The molecule has 4 rings (SSSR count). The van der Waals surface area contributed by atoms with Crippen LogP contribution < -0.4 is 10.5 Å². The predicted octanol–water partition coefficient (Wildman–Crippen LogP) is 3.85. The van der Waals surface area contributed by atoms with Crippen LogP contribution in [-0.4, -0.2) is 14.8 Å². The van der Waals surface area contributed by atoms with Crippen LogP contribution in [0.25, 0.3) is 10.9 Å². The molecule has 0 aliphatic heterocycles. The lowest BCUT2D eigenvalue weighted by molar-refractivity contribution is 0.277. The molecule has 1 aromatic carbocycles. The van der Waals surface area contributed by atoms with Gasteiger partial charge < -0.3 is 10.5 Å². The first-order valence-corrected chi connectivity index (χ1v) is 8.97. The van der Waals surface area contributed by atoms with E-state index in [2.05, 4.69) is 16.2 Å². The van der Waals surface area contributed by atoms with Gasteiger partial charge in [-0.05, 0) is 24.5 Å². The Morgan fingerprint density at radius 1 is 1.19 bits per heavy atom. The molecule has 2 N–H and O–H groups in total. The van der Waals surface area contributed by atoms with Crippen molar-refractivity contribution in [2.24, 2.45) is 5.92 Å². The Balaban J connectivity index is 1.69. The van der Waals surface area contributed by atoms with Crippen LogP contribution in [0.5, 0.6) is 5.88 Å². The molecule has 6 nitrogen and oxygen atoms in total. The summed E-state index contributed by atoms with van der Waals surface area (Å²) in [6.45, 7) is 0.418. The summed E-state index contributed by atoms with van der Waals surface area (Å²) in [5.41, 5.74) is 8.15. The van der Waals surface area contributed by atoms with Crippen molar-refractivity contribution >= 4 is 16.7 Å². The van der Waals surface area contributed by atoms with Crippen molar-refractivity contribution in [3.63, 3.8) is 0 Å². The first kappa shape index (κ1) is 16.4. The summed E-state index contributed by atoms with van der Waals surface area (Å²) >= 11 is 0. The maximum absolute atomic E-state index is 9.51. The molecule has 0 unspecified atom stereocenters. The minimum absolute atomic E-state index is 0.0342. The first-order valence-electron chi connectivity index (χ1n) is 8.97. The van der Waals surface area contributed by atoms with Gasteiger partial charge in [0.15, 0.2) is 5.82 Å². The number of hydrogen-bond acceptors (Lipinski definition) is 5. The topological polar surface area (TPSA) is 89.8 Å². The van der Waals surface area contributed by atoms with E-state index in [0.717, 1.165) is 42.1 Å². The van der Waals surface area contributed by atoms with Crippen molar-refractivity contribution < 1.29 is 4.74 Å². The van der Waals surface area contributed by atoms with Crippen molar-refractivity contribution in [3.8, 4) is 11.9 Å². The Kier molecular flexibility index (Phi) is 4.44. The molecule has 2 heterocycles.